The molecular weight excluding hydrogens is 360 g/mol. The average Bonchev–Trinajstić information content (AvgIpc) is 3.30. The van der Waals surface area contributed by atoms with Crippen molar-refractivity contribution in [1.29, 1.82) is 0 Å². The smallest absolute Gasteiger partial charge is 0.156 e. The quantitative estimate of drug-likeness (QED) is 0.676. The summed E-state index contributed by atoms with van der Waals surface area (Å²) in [7, 11) is -2.99. The molecule has 3 aromatic heterocycles. The van der Waals surface area contributed by atoms with Gasteiger partial charge in [-0.15, -0.1) is 11.3 Å². The van der Waals surface area contributed by atoms with E-state index in [1.807, 2.05) is 30.5 Å². The van der Waals surface area contributed by atoms with Gasteiger partial charge in [0.1, 0.15) is 11.6 Å². The lowest BCUT2D eigenvalue weighted by atomic mass is 10.2. The highest BCUT2D eigenvalue weighted by molar-refractivity contribution is 7.91. The molecule has 1 aliphatic rings. The van der Waals surface area contributed by atoms with E-state index in [2.05, 4.69) is 15.2 Å². The van der Waals surface area contributed by atoms with Crippen molar-refractivity contribution < 1.29 is 12.9 Å². The molecule has 132 valence electrons. The highest BCUT2D eigenvalue weighted by Gasteiger charge is 2.32. The lowest BCUT2D eigenvalue weighted by Crippen LogP contribution is -2.16. The summed E-state index contributed by atoms with van der Waals surface area (Å²) in [6, 6.07) is 5.75. The molecule has 0 radical (unpaired) electrons. The third-order valence-electron chi connectivity index (χ3n) is 4.22. The molecule has 7 nitrogen and oxygen atoms in total. The Hall–Kier alpha value is -2.00. The largest absolute Gasteiger partial charge is 0.361 e. The van der Waals surface area contributed by atoms with Gasteiger partial charge in [-0.05, 0) is 24.8 Å². The Balaban J connectivity index is 1.65. The Morgan fingerprint density at radius 2 is 2.28 bits per heavy atom. The Morgan fingerprint density at radius 1 is 1.40 bits per heavy atom. The summed E-state index contributed by atoms with van der Waals surface area (Å²) >= 11 is 1.66. The van der Waals surface area contributed by atoms with Crippen LogP contribution >= 0.6 is 11.3 Å². The van der Waals surface area contributed by atoms with Crippen LogP contribution in [0.2, 0.25) is 0 Å². The van der Waals surface area contributed by atoms with Crippen LogP contribution in [0.3, 0.4) is 0 Å². The van der Waals surface area contributed by atoms with Crippen LogP contribution < -0.4 is 0 Å². The molecule has 0 aromatic carbocycles. The van der Waals surface area contributed by atoms with Crippen molar-refractivity contribution in [2.24, 2.45) is 0 Å². The molecule has 1 fully saturated rings. The molecule has 1 saturated heterocycles. The molecular formula is C16H18N4O3S2. The van der Waals surface area contributed by atoms with Crippen LogP contribution in [0.4, 0.5) is 0 Å². The van der Waals surface area contributed by atoms with Gasteiger partial charge in [-0.25, -0.2) is 18.1 Å². The molecule has 9 heteroatoms. The Labute approximate surface area is 149 Å². The van der Waals surface area contributed by atoms with Crippen LogP contribution in [0.25, 0.3) is 0 Å². The number of thiophene rings is 1. The first-order chi connectivity index (χ1) is 12.0. The van der Waals surface area contributed by atoms with Crippen molar-refractivity contribution in [3.8, 4) is 0 Å². The predicted molar refractivity (Wildman–Crippen MR) is 93.5 cm³/mol. The van der Waals surface area contributed by atoms with Gasteiger partial charge in [-0.2, -0.15) is 5.10 Å². The molecule has 1 aliphatic heterocycles. The number of sulfone groups is 1. The maximum absolute atomic E-state index is 11.9. The average molecular weight is 378 g/mol. The van der Waals surface area contributed by atoms with Gasteiger partial charge in [0.2, 0.25) is 0 Å². The van der Waals surface area contributed by atoms with Crippen molar-refractivity contribution in [3.05, 3.63) is 51.6 Å². The molecule has 0 unspecified atom stereocenters. The Morgan fingerprint density at radius 3 is 2.92 bits per heavy atom. The van der Waals surface area contributed by atoms with Crippen LogP contribution in [0.15, 0.2) is 28.1 Å². The maximum Gasteiger partial charge on any atom is 0.156 e. The van der Waals surface area contributed by atoms with E-state index in [4.69, 9.17) is 4.52 Å². The molecule has 0 saturated carbocycles. The van der Waals surface area contributed by atoms with Crippen LogP contribution in [-0.2, 0) is 22.7 Å². The zero-order valence-corrected chi connectivity index (χ0v) is 15.4. The van der Waals surface area contributed by atoms with Crippen LogP contribution in [0.1, 0.15) is 40.4 Å². The molecule has 4 heterocycles. The van der Waals surface area contributed by atoms with E-state index in [1.165, 1.54) is 4.88 Å². The van der Waals surface area contributed by atoms with Crippen molar-refractivity contribution in [1.82, 2.24) is 19.9 Å². The van der Waals surface area contributed by atoms with Gasteiger partial charge in [0, 0.05) is 17.4 Å². The summed E-state index contributed by atoms with van der Waals surface area (Å²) in [5.74, 6) is 2.47. The second-order valence-electron chi connectivity index (χ2n) is 6.31. The molecule has 0 aliphatic carbocycles. The van der Waals surface area contributed by atoms with Gasteiger partial charge in [0.05, 0.1) is 29.7 Å². The van der Waals surface area contributed by atoms with Gasteiger partial charge in [-0.1, -0.05) is 11.2 Å². The second kappa shape index (κ2) is 6.38. The number of rotatable bonds is 5. The van der Waals surface area contributed by atoms with Crippen LogP contribution in [-0.4, -0.2) is 39.8 Å². The summed E-state index contributed by atoms with van der Waals surface area (Å²) in [6.07, 6.45) is 1.67. The number of hydrogen-bond donors (Lipinski definition) is 0. The lowest BCUT2D eigenvalue weighted by Gasteiger charge is -2.10. The minimum atomic E-state index is -2.99. The first kappa shape index (κ1) is 16.5. The fourth-order valence-electron chi connectivity index (χ4n) is 3.09. The molecule has 0 amide bonds. The summed E-state index contributed by atoms with van der Waals surface area (Å²) in [4.78, 5) is 5.84. The molecule has 3 aromatic rings. The fourth-order valence-corrected chi connectivity index (χ4v) is 5.48. The third kappa shape index (κ3) is 3.67. The van der Waals surface area contributed by atoms with Crippen molar-refractivity contribution in [3.63, 3.8) is 0 Å². The van der Waals surface area contributed by atoms with Gasteiger partial charge in [-0.3, -0.25) is 0 Å². The van der Waals surface area contributed by atoms with E-state index in [9.17, 15) is 8.42 Å². The van der Waals surface area contributed by atoms with E-state index >= 15 is 0 Å². The zero-order valence-electron chi connectivity index (χ0n) is 13.8. The molecule has 0 N–H and O–H groups in total. The first-order valence-electron chi connectivity index (χ1n) is 8.08. The number of hydrogen-bond acceptors (Lipinski definition) is 7. The Kier molecular flexibility index (Phi) is 4.20. The summed E-state index contributed by atoms with van der Waals surface area (Å²) < 4.78 is 30.8. The van der Waals surface area contributed by atoms with E-state index in [0.717, 1.165) is 11.5 Å². The van der Waals surface area contributed by atoms with E-state index in [1.54, 1.807) is 16.0 Å². The van der Waals surface area contributed by atoms with E-state index in [-0.39, 0.29) is 17.5 Å². The summed E-state index contributed by atoms with van der Waals surface area (Å²) in [6.45, 7) is 1.86. The maximum atomic E-state index is 11.9. The third-order valence-corrected chi connectivity index (χ3v) is 6.85. The molecule has 25 heavy (non-hydrogen) atoms. The van der Waals surface area contributed by atoms with Crippen LogP contribution in [0, 0.1) is 6.92 Å². The summed E-state index contributed by atoms with van der Waals surface area (Å²) in [5.41, 5.74) is 0.809. The van der Waals surface area contributed by atoms with Crippen molar-refractivity contribution >= 4 is 21.2 Å². The molecule has 1 atom stereocenters. The monoisotopic (exact) mass is 378 g/mol. The first-order valence-corrected chi connectivity index (χ1v) is 10.8. The minimum Gasteiger partial charge on any atom is -0.361 e. The predicted octanol–water partition coefficient (Wildman–Crippen LogP) is 2.18. The second-order valence-corrected chi connectivity index (χ2v) is 9.57. The van der Waals surface area contributed by atoms with Gasteiger partial charge >= 0.3 is 0 Å². The highest BCUT2D eigenvalue weighted by atomic mass is 32.2. The SMILES string of the molecule is Cc1cc(Cc2nc(Cc3cccs3)nn2[C@@H]2CCS(=O)(=O)C2)on1. The number of aryl methyl sites for hydroxylation is 1. The standard InChI is InChI=1S/C16H18N4O3S2/c1-11-7-13(23-19-11)8-16-17-15(9-14-3-2-5-24-14)18-20(16)12-4-6-25(21,22)10-12/h2-3,5,7,12H,4,6,8-10H2,1H3/t12-/m1/s1. The highest BCUT2D eigenvalue weighted by Crippen LogP contribution is 2.26. The minimum absolute atomic E-state index is 0.122. The number of aromatic nitrogens is 4. The topological polar surface area (TPSA) is 90.9 Å². The zero-order chi connectivity index (χ0) is 17.4. The van der Waals surface area contributed by atoms with Crippen molar-refractivity contribution in [2.45, 2.75) is 32.2 Å². The van der Waals surface area contributed by atoms with Crippen LogP contribution in [0.5, 0.6) is 0 Å². The fraction of sp³-hybridized carbons (Fsp3) is 0.438. The lowest BCUT2D eigenvalue weighted by molar-refractivity contribution is 0.379. The van der Waals surface area contributed by atoms with E-state index in [0.29, 0.717) is 30.8 Å². The molecule has 0 bridgehead atoms. The normalized spacial score (nSPS) is 19.5. The van der Waals surface area contributed by atoms with Gasteiger partial charge in [0.15, 0.2) is 15.7 Å². The van der Waals surface area contributed by atoms with E-state index < -0.39 is 9.84 Å². The Bertz CT molecular complexity index is 973. The summed E-state index contributed by atoms with van der Waals surface area (Å²) in [5, 5.41) is 10.5. The van der Waals surface area contributed by atoms with Crippen molar-refractivity contribution in [2.75, 3.05) is 11.5 Å². The van der Waals surface area contributed by atoms with Gasteiger partial charge < -0.3 is 4.52 Å². The molecule has 0 spiro atoms. The van der Waals surface area contributed by atoms with Gasteiger partial charge in [0.25, 0.3) is 0 Å². The molecule has 4 rings (SSSR count). The number of nitrogens with zero attached hydrogens (tertiary/aromatic N) is 4.